The van der Waals surface area contributed by atoms with Gasteiger partial charge < -0.3 is 5.73 Å². The standard InChI is InChI=1S/C18H20N4OS2.CH4/c1-18(6-7-25-17(19)22-18)13-5-3-4-12(8-13)9-15(23)14-10-21-16(24-2)11-20-14;/h3-5,8,10-11H,6-7,9H2,1-2H3,(H2,19,22);1H4/t18-;/m0./s1. The Morgan fingerprint density at radius 1 is 1.35 bits per heavy atom. The second-order valence-electron chi connectivity index (χ2n) is 6.07. The zero-order valence-corrected chi connectivity index (χ0v) is 15.9. The summed E-state index contributed by atoms with van der Waals surface area (Å²) in [6.45, 7) is 2.09. The number of carbonyl (C=O) groups excluding carboxylic acids is 1. The Morgan fingerprint density at radius 2 is 2.15 bits per heavy atom. The van der Waals surface area contributed by atoms with Gasteiger partial charge in [0, 0.05) is 12.2 Å². The first-order valence-corrected chi connectivity index (χ1v) is 10.2. The number of nitrogens with zero attached hydrogens (tertiary/aromatic N) is 3. The third-order valence-electron chi connectivity index (χ3n) is 4.23. The predicted molar refractivity (Wildman–Crippen MR) is 111 cm³/mol. The van der Waals surface area contributed by atoms with Crippen LogP contribution in [0, 0.1) is 0 Å². The molecule has 2 N–H and O–H groups in total. The van der Waals surface area contributed by atoms with E-state index in [0.29, 0.717) is 17.3 Å². The van der Waals surface area contributed by atoms with Gasteiger partial charge in [-0.15, -0.1) is 11.8 Å². The molecule has 5 nitrogen and oxygen atoms in total. The van der Waals surface area contributed by atoms with E-state index in [0.717, 1.165) is 28.3 Å². The predicted octanol–water partition coefficient (Wildman–Crippen LogP) is 3.93. The van der Waals surface area contributed by atoms with Crippen LogP contribution in [0.25, 0.3) is 0 Å². The lowest BCUT2D eigenvalue weighted by Gasteiger charge is -2.30. The molecule has 0 bridgehead atoms. The number of hydrogen-bond donors (Lipinski definition) is 1. The van der Waals surface area contributed by atoms with E-state index >= 15 is 0 Å². The SMILES string of the molecule is C.CSc1cnc(C(=O)Cc2cccc([C@]3(C)CCSC(N)=N3)c2)cn1. The molecule has 0 unspecified atom stereocenters. The average molecular weight is 389 g/mol. The van der Waals surface area contributed by atoms with Gasteiger partial charge in [0.15, 0.2) is 11.0 Å². The largest absolute Gasteiger partial charge is 0.379 e. The Hall–Kier alpha value is -1.86. The quantitative estimate of drug-likeness (QED) is 0.617. The highest BCUT2D eigenvalue weighted by atomic mass is 32.2. The Morgan fingerprint density at radius 3 is 2.81 bits per heavy atom. The van der Waals surface area contributed by atoms with Crippen molar-refractivity contribution in [3.05, 3.63) is 53.5 Å². The maximum Gasteiger partial charge on any atom is 0.187 e. The summed E-state index contributed by atoms with van der Waals surface area (Å²) in [6.07, 6.45) is 6.33. The molecule has 0 amide bonds. The summed E-state index contributed by atoms with van der Waals surface area (Å²) in [4.78, 5) is 25.5. The van der Waals surface area contributed by atoms with Gasteiger partial charge in [-0.25, -0.2) is 9.97 Å². The number of aliphatic imine (C=N–C) groups is 1. The number of hydrogen-bond acceptors (Lipinski definition) is 7. The Labute approximate surface area is 163 Å². The lowest BCUT2D eigenvalue weighted by Crippen LogP contribution is -2.28. The van der Waals surface area contributed by atoms with Crippen LogP contribution in [-0.4, -0.2) is 32.9 Å². The van der Waals surface area contributed by atoms with Crippen molar-refractivity contribution < 1.29 is 4.79 Å². The number of thioether (sulfide) groups is 2. The van der Waals surface area contributed by atoms with Crippen LogP contribution in [0.2, 0.25) is 0 Å². The fraction of sp³-hybridized carbons (Fsp3) is 0.368. The Kier molecular flexibility index (Phi) is 6.83. The summed E-state index contributed by atoms with van der Waals surface area (Å²) in [5, 5.41) is 1.43. The highest BCUT2D eigenvalue weighted by molar-refractivity contribution is 8.13. The minimum atomic E-state index is -0.325. The van der Waals surface area contributed by atoms with Gasteiger partial charge in [0.2, 0.25) is 0 Å². The summed E-state index contributed by atoms with van der Waals surface area (Å²) < 4.78 is 0. The maximum absolute atomic E-state index is 12.5. The number of aromatic nitrogens is 2. The van der Waals surface area contributed by atoms with Gasteiger partial charge in [0.1, 0.15) is 10.7 Å². The zero-order chi connectivity index (χ0) is 17.9. The lowest BCUT2D eigenvalue weighted by atomic mass is 9.88. The molecule has 0 aliphatic carbocycles. The van der Waals surface area contributed by atoms with E-state index in [1.54, 1.807) is 24.2 Å². The summed E-state index contributed by atoms with van der Waals surface area (Å²) in [5.74, 6) is 0.913. The molecule has 3 rings (SSSR count). The van der Waals surface area contributed by atoms with Crippen molar-refractivity contribution in [3.63, 3.8) is 0 Å². The first-order valence-electron chi connectivity index (χ1n) is 7.97. The lowest BCUT2D eigenvalue weighted by molar-refractivity contribution is 0.0987. The number of amidine groups is 1. The molecular formula is C19H24N4OS2. The maximum atomic E-state index is 12.5. The van der Waals surface area contributed by atoms with Gasteiger partial charge in [0.25, 0.3) is 0 Å². The first kappa shape index (κ1) is 20.5. The molecule has 0 saturated heterocycles. The molecule has 2 aromatic rings. The fourth-order valence-corrected chi connectivity index (χ4v) is 4.04. The average Bonchev–Trinajstić information content (AvgIpc) is 2.62. The van der Waals surface area contributed by atoms with E-state index in [1.807, 2.05) is 30.5 Å². The van der Waals surface area contributed by atoms with E-state index in [4.69, 9.17) is 5.73 Å². The van der Waals surface area contributed by atoms with Gasteiger partial charge in [0.05, 0.1) is 17.9 Å². The van der Waals surface area contributed by atoms with Crippen LogP contribution in [0.1, 0.15) is 42.4 Å². The highest BCUT2D eigenvalue weighted by Crippen LogP contribution is 2.35. The second kappa shape index (κ2) is 8.68. The summed E-state index contributed by atoms with van der Waals surface area (Å²) in [5.41, 5.74) is 8.02. The van der Waals surface area contributed by atoms with Crippen LogP contribution in [0.4, 0.5) is 0 Å². The minimum Gasteiger partial charge on any atom is -0.379 e. The number of benzene rings is 1. The van der Waals surface area contributed by atoms with Crippen LogP contribution in [0.5, 0.6) is 0 Å². The van der Waals surface area contributed by atoms with E-state index in [-0.39, 0.29) is 18.7 Å². The molecule has 1 aromatic heterocycles. The van der Waals surface area contributed by atoms with Gasteiger partial charge >= 0.3 is 0 Å². The minimum absolute atomic E-state index is 0. The molecule has 138 valence electrons. The van der Waals surface area contributed by atoms with Gasteiger partial charge in [-0.3, -0.25) is 9.79 Å². The molecule has 1 aliphatic heterocycles. The van der Waals surface area contributed by atoms with E-state index in [9.17, 15) is 4.79 Å². The van der Waals surface area contributed by atoms with Crippen molar-refractivity contribution >= 4 is 34.5 Å². The summed E-state index contributed by atoms with van der Waals surface area (Å²) in [7, 11) is 0. The van der Waals surface area contributed by atoms with Crippen molar-refractivity contribution in [2.45, 2.75) is 37.8 Å². The number of rotatable bonds is 5. The van der Waals surface area contributed by atoms with Crippen molar-refractivity contribution in [2.75, 3.05) is 12.0 Å². The Balaban J connectivity index is 0.00000243. The Bertz CT molecular complexity index is 807. The number of nitrogens with two attached hydrogens (primary N) is 1. The molecule has 0 spiro atoms. The van der Waals surface area contributed by atoms with Crippen LogP contribution in [-0.2, 0) is 12.0 Å². The molecule has 0 radical (unpaired) electrons. The van der Waals surface area contributed by atoms with Crippen molar-refractivity contribution in [3.8, 4) is 0 Å². The molecule has 2 heterocycles. The first-order chi connectivity index (χ1) is 12.0. The number of ketones is 1. The molecular weight excluding hydrogens is 364 g/mol. The molecule has 1 aromatic carbocycles. The van der Waals surface area contributed by atoms with Crippen LogP contribution in [0.3, 0.4) is 0 Å². The molecule has 26 heavy (non-hydrogen) atoms. The third-order valence-corrected chi connectivity index (χ3v) is 5.66. The van der Waals surface area contributed by atoms with Gasteiger partial charge in [-0.05, 0) is 30.7 Å². The number of Topliss-reactive ketones (excluding diaryl/α,β-unsaturated/α-hetero) is 1. The molecule has 7 heteroatoms. The zero-order valence-electron chi connectivity index (χ0n) is 14.2. The normalized spacial score (nSPS) is 19.4. The van der Waals surface area contributed by atoms with Crippen molar-refractivity contribution in [2.24, 2.45) is 10.7 Å². The van der Waals surface area contributed by atoms with Gasteiger partial charge in [-0.1, -0.05) is 43.5 Å². The topological polar surface area (TPSA) is 81.2 Å². The smallest absolute Gasteiger partial charge is 0.187 e. The summed E-state index contributed by atoms with van der Waals surface area (Å²) >= 11 is 3.09. The molecule has 0 fully saturated rings. The molecule has 1 atom stereocenters. The highest BCUT2D eigenvalue weighted by Gasteiger charge is 2.29. The molecule has 0 saturated carbocycles. The van der Waals surface area contributed by atoms with Crippen molar-refractivity contribution in [1.82, 2.24) is 9.97 Å². The monoisotopic (exact) mass is 388 g/mol. The van der Waals surface area contributed by atoms with Crippen LogP contribution in [0.15, 0.2) is 46.7 Å². The number of carbonyl (C=O) groups is 1. The fourth-order valence-electron chi connectivity index (χ4n) is 2.75. The molecule has 1 aliphatic rings. The van der Waals surface area contributed by atoms with Gasteiger partial charge in [-0.2, -0.15) is 0 Å². The third kappa shape index (κ3) is 4.65. The van der Waals surface area contributed by atoms with E-state index in [2.05, 4.69) is 21.9 Å². The van der Waals surface area contributed by atoms with Crippen LogP contribution >= 0.6 is 23.5 Å². The van der Waals surface area contributed by atoms with E-state index in [1.165, 1.54) is 11.8 Å². The summed E-state index contributed by atoms with van der Waals surface area (Å²) in [6, 6.07) is 8.03. The second-order valence-corrected chi connectivity index (χ2v) is 8.01. The van der Waals surface area contributed by atoms with Crippen LogP contribution < -0.4 is 5.73 Å². The van der Waals surface area contributed by atoms with E-state index < -0.39 is 0 Å². The van der Waals surface area contributed by atoms with Crippen molar-refractivity contribution in [1.29, 1.82) is 0 Å².